The fourth-order valence-corrected chi connectivity index (χ4v) is 2.44. The Bertz CT molecular complexity index is 464. The number of hydrogen-bond acceptors (Lipinski definition) is 6. The Labute approximate surface area is 113 Å². The van der Waals surface area contributed by atoms with Crippen LogP contribution in [0, 0.1) is 0 Å². The lowest BCUT2D eigenvalue weighted by atomic mass is 10.2. The zero-order valence-electron chi connectivity index (χ0n) is 11.7. The second-order valence-electron chi connectivity index (χ2n) is 4.59. The molecule has 0 bridgehead atoms. The van der Waals surface area contributed by atoms with Crippen LogP contribution in [0.25, 0.3) is 0 Å². The molecule has 0 saturated carbocycles. The molecule has 0 N–H and O–H groups in total. The maximum absolute atomic E-state index is 11.7. The Morgan fingerprint density at radius 3 is 2.68 bits per heavy atom. The minimum atomic E-state index is -0.274. The van der Waals surface area contributed by atoms with E-state index in [1.807, 2.05) is 11.8 Å². The van der Waals surface area contributed by atoms with Crippen LogP contribution in [-0.2, 0) is 22.4 Å². The first-order valence-electron chi connectivity index (χ1n) is 6.78. The first kappa shape index (κ1) is 13.7. The van der Waals surface area contributed by atoms with Gasteiger partial charge in [-0.25, -0.2) is 9.78 Å². The molecular weight excluding hydrogens is 244 g/mol. The van der Waals surface area contributed by atoms with Crippen molar-refractivity contribution < 1.29 is 9.53 Å². The highest BCUT2D eigenvalue weighted by molar-refractivity contribution is 5.79. The molecule has 2 heterocycles. The third kappa shape index (κ3) is 2.67. The van der Waals surface area contributed by atoms with Crippen molar-refractivity contribution in [2.45, 2.75) is 45.6 Å². The van der Waals surface area contributed by atoms with Gasteiger partial charge in [-0.3, -0.25) is 0 Å². The van der Waals surface area contributed by atoms with E-state index in [2.05, 4.69) is 22.1 Å². The van der Waals surface area contributed by atoms with Gasteiger partial charge in [0.05, 0.1) is 18.5 Å². The number of rotatable bonds is 4. The Balaban J connectivity index is 2.28. The molecule has 1 atom stereocenters. The van der Waals surface area contributed by atoms with Crippen LogP contribution < -0.4 is 4.90 Å². The highest BCUT2D eigenvalue weighted by Crippen LogP contribution is 2.23. The van der Waals surface area contributed by atoms with Gasteiger partial charge in [0, 0.05) is 6.54 Å². The lowest BCUT2D eigenvalue weighted by Crippen LogP contribution is -2.38. The molecule has 0 aromatic carbocycles. The molecule has 1 aliphatic heterocycles. The Kier molecular flexibility index (Phi) is 4.29. The number of aromatic nitrogens is 3. The highest BCUT2D eigenvalue weighted by atomic mass is 16.5. The molecule has 1 aromatic rings. The molecule has 0 radical (unpaired) electrons. The van der Waals surface area contributed by atoms with E-state index in [9.17, 15) is 4.79 Å². The van der Waals surface area contributed by atoms with E-state index in [1.54, 1.807) is 0 Å². The van der Waals surface area contributed by atoms with Crippen LogP contribution in [0.15, 0.2) is 0 Å². The summed E-state index contributed by atoms with van der Waals surface area (Å²) in [6.45, 7) is 4.86. The fraction of sp³-hybridized carbons (Fsp3) is 0.692. The number of aryl methyl sites for hydroxylation is 2. The molecule has 104 valence electrons. The Hall–Kier alpha value is -1.72. The molecule has 6 nitrogen and oxygen atoms in total. The lowest BCUT2D eigenvalue weighted by molar-refractivity contribution is -0.141. The molecular formula is C13H20N4O2. The van der Waals surface area contributed by atoms with Crippen molar-refractivity contribution in [2.24, 2.45) is 0 Å². The molecule has 2 rings (SSSR count). The lowest BCUT2D eigenvalue weighted by Gasteiger charge is -2.22. The van der Waals surface area contributed by atoms with Gasteiger partial charge in [-0.15, -0.1) is 5.10 Å². The predicted octanol–water partition coefficient (Wildman–Crippen LogP) is 1.14. The number of anilines is 1. The van der Waals surface area contributed by atoms with Crippen molar-refractivity contribution in [3.8, 4) is 0 Å². The van der Waals surface area contributed by atoms with E-state index in [4.69, 9.17) is 4.74 Å². The minimum absolute atomic E-state index is 0.223. The van der Waals surface area contributed by atoms with Crippen molar-refractivity contribution in [2.75, 3.05) is 18.6 Å². The van der Waals surface area contributed by atoms with Gasteiger partial charge in [0.15, 0.2) is 0 Å². The molecule has 6 heteroatoms. The summed E-state index contributed by atoms with van der Waals surface area (Å²) in [5.41, 5.74) is 1.89. The van der Waals surface area contributed by atoms with Crippen molar-refractivity contribution in [3.05, 3.63) is 11.4 Å². The molecule has 1 aliphatic rings. The number of methoxy groups -OCH3 is 1. The van der Waals surface area contributed by atoms with E-state index in [-0.39, 0.29) is 12.0 Å². The van der Waals surface area contributed by atoms with Gasteiger partial charge in [-0.2, -0.15) is 5.10 Å². The smallest absolute Gasteiger partial charge is 0.328 e. The van der Waals surface area contributed by atoms with E-state index in [1.165, 1.54) is 7.11 Å². The zero-order chi connectivity index (χ0) is 13.8. The summed E-state index contributed by atoms with van der Waals surface area (Å²) in [6, 6.07) is -0.274. The first-order chi connectivity index (χ1) is 9.21. The standard InChI is InChI=1S/C13H20N4O2/c1-4-9-10(5-2)15-16-13(14-9)17-8-6-7-11(17)12(18)19-3/h11H,4-8H2,1-3H3. The maximum Gasteiger partial charge on any atom is 0.328 e. The number of carbonyl (C=O) groups excluding carboxylic acids is 1. The second-order valence-corrected chi connectivity index (χ2v) is 4.59. The molecule has 1 fully saturated rings. The summed E-state index contributed by atoms with van der Waals surface area (Å²) in [6.07, 6.45) is 3.37. The van der Waals surface area contributed by atoms with E-state index < -0.39 is 0 Å². The summed E-state index contributed by atoms with van der Waals surface area (Å²) >= 11 is 0. The number of ether oxygens (including phenoxy) is 1. The van der Waals surface area contributed by atoms with Crippen molar-refractivity contribution in [3.63, 3.8) is 0 Å². The highest BCUT2D eigenvalue weighted by Gasteiger charge is 2.33. The topological polar surface area (TPSA) is 68.2 Å². The average molecular weight is 264 g/mol. The van der Waals surface area contributed by atoms with Gasteiger partial charge in [-0.1, -0.05) is 13.8 Å². The number of carbonyl (C=O) groups is 1. The summed E-state index contributed by atoms with van der Waals surface area (Å²) in [5, 5.41) is 8.39. The largest absolute Gasteiger partial charge is 0.467 e. The molecule has 0 spiro atoms. The van der Waals surface area contributed by atoms with Crippen LogP contribution in [-0.4, -0.2) is 40.8 Å². The molecule has 0 aliphatic carbocycles. The summed E-state index contributed by atoms with van der Waals surface area (Å²) < 4.78 is 4.83. The number of hydrogen-bond donors (Lipinski definition) is 0. The SMILES string of the molecule is CCc1nnc(N2CCCC2C(=O)OC)nc1CC. The second kappa shape index (κ2) is 5.95. The van der Waals surface area contributed by atoms with Gasteiger partial charge >= 0.3 is 5.97 Å². The summed E-state index contributed by atoms with van der Waals surface area (Å²) in [5.74, 6) is 0.320. The minimum Gasteiger partial charge on any atom is -0.467 e. The van der Waals surface area contributed by atoms with Gasteiger partial charge in [0.2, 0.25) is 5.95 Å². The third-order valence-corrected chi connectivity index (χ3v) is 3.48. The number of esters is 1. The van der Waals surface area contributed by atoms with Gasteiger partial charge in [0.25, 0.3) is 0 Å². The first-order valence-corrected chi connectivity index (χ1v) is 6.78. The molecule has 0 amide bonds. The van der Waals surface area contributed by atoms with Gasteiger partial charge in [-0.05, 0) is 25.7 Å². The zero-order valence-corrected chi connectivity index (χ0v) is 11.7. The van der Waals surface area contributed by atoms with Crippen LogP contribution >= 0.6 is 0 Å². The molecule has 1 aromatic heterocycles. The number of nitrogens with zero attached hydrogens (tertiary/aromatic N) is 4. The fourth-order valence-electron chi connectivity index (χ4n) is 2.44. The van der Waals surface area contributed by atoms with Crippen LogP contribution in [0.3, 0.4) is 0 Å². The molecule has 1 unspecified atom stereocenters. The third-order valence-electron chi connectivity index (χ3n) is 3.48. The van der Waals surface area contributed by atoms with Crippen molar-refractivity contribution >= 4 is 11.9 Å². The predicted molar refractivity (Wildman–Crippen MR) is 71.0 cm³/mol. The quantitative estimate of drug-likeness (QED) is 0.760. The Morgan fingerprint density at radius 2 is 2.05 bits per heavy atom. The summed E-state index contributed by atoms with van der Waals surface area (Å²) in [4.78, 5) is 18.2. The van der Waals surface area contributed by atoms with Gasteiger partial charge < -0.3 is 9.64 Å². The normalized spacial score (nSPS) is 18.7. The van der Waals surface area contributed by atoms with Crippen LogP contribution in [0.4, 0.5) is 5.95 Å². The molecule has 19 heavy (non-hydrogen) atoms. The van der Waals surface area contributed by atoms with E-state index >= 15 is 0 Å². The van der Waals surface area contributed by atoms with Crippen molar-refractivity contribution in [1.29, 1.82) is 0 Å². The van der Waals surface area contributed by atoms with Crippen LogP contribution in [0.2, 0.25) is 0 Å². The average Bonchev–Trinajstić information content (AvgIpc) is 2.95. The van der Waals surface area contributed by atoms with E-state index in [0.29, 0.717) is 5.95 Å². The summed E-state index contributed by atoms with van der Waals surface area (Å²) in [7, 11) is 1.41. The van der Waals surface area contributed by atoms with Crippen LogP contribution in [0.1, 0.15) is 38.1 Å². The Morgan fingerprint density at radius 1 is 1.32 bits per heavy atom. The van der Waals surface area contributed by atoms with Crippen molar-refractivity contribution in [1.82, 2.24) is 15.2 Å². The maximum atomic E-state index is 11.7. The molecule has 1 saturated heterocycles. The van der Waals surface area contributed by atoms with Crippen LogP contribution in [0.5, 0.6) is 0 Å². The monoisotopic (exact) mass is 264 g/mol. The van der Waals surface area contributed by atoms with E-state index in [0.717, 1.165) is 43.6 Å². The van der Waals surface area contributed by atoms with Gasteiger partial charge in [0.1, 0.15) is 6.04 Å².